The molecule has 0 radical (unpaired) electrons. The Morgan fingerprint density at radius 2 is 1.69 bits per heavy atom. The molecule has 0 bridgehead atoms. The highest BCUT2D eigenvalue weighted by atomic mass is 32.2. The first-order chi connectivity index (χ1) is 23.9. The largest absolute Gasteiger partial charge is 0.378 e. The van der Waals surface area contributed by atoms with E-state index < -0.39 is 11.3 Å². The molecule has 1 unspecified atom stereocenters. The number of amidine groups is 1. The van der Waals surface area contributed by atoms with Crippen LogP contribution in [-0.2, 0) is 25.5 Å². The molecule has 2 atom stereocenters. The van der Waals surface area contributed by atoms with Crippen LogP contribution in [0.3, 0.4) is 0 Å². The number of amides is 3. The van der Waals surface area contributed by atoms with Gasteiger partial charge in [0.2, 0.25) is 11.8 Å². The Morgan fingerprint density at radius 1 is 0.939 bits per heavy atom. The Labute approximate surface area is 289 Å². The molecule has 3 aliphatic heterocycles. The summed E-state index contributed by atoms with van der Waals surface area (Å²) in [7, 11) is 0. The van der Waals surface area contributed by atoms with Crippen molar-refractivity contribution < 1.29 is 19.1 Å². The Kier molecular flexibility index (Phi) is 9.67. The summed E-state index contributed by atoms with van der Waals surface area (Å²) >= 11 is 1.35. The molecular formula is C37H37N7O4S. The minimum Gasteiger partial charge on any atom is -0.378 e. The molecular weight excluding hydrogens is 639 g/mol. The van der Waals surface area contributed by atoms with Gasteiger partial charge >= 0.3 is 0 Å². The maximum atomic E-state index is 14.0. The SMILES string of the molecule is Cc1cnc(N2C(=O)C(c3ccc(NC(=O)[C@@H]4CCCN4C(=O)Cc4ccccc4)cc3)SC2=Nc2ccc(N3CCOCC3)cc2)cn1. The number of aryl methyl sites for hydroxylation is 1. The number of rotatable bonds is 8. The van der Waals surface area contributed by atoms with Gasteiger partial charge in [0.05, 0.1) is 43.4 Å². The van der Waals surface area contributed by atoms with Gasteiger partial charge in [-0.1, -0.05) is 54.2 Å². The molecule has 49 heavy (non-hydrogen) atoms. The van der Waals surface area contributed by atoms with E-state index in [1.165, 1.54) is 16.7 Å². The van der Waals surface area contributed by atoms with Crippen LogP contribution in [0.1, 0.15) is 34.9 Å². The summed E-state index contributed by atoms with van der Waals surface area (Å²) in [6.07, 6.45) is 4.88. The Hall–Kier alpha value is -5.07. The molecule has 11 nitrogen and oxygen atoms in total. The maximum absolute atomic E-state index is 14.0. The van der Waals surface area contributed by atoms with Gasteiger partial charge in [-0.05, 0) is 67.3 Å². The molecule has 0 spiro atoms. The molecule has 4 aromatic rings. The fraction of sp³-hybridized carbons (Fsp3) is 0.297. The van der Waals surface area contributed by atoms with E-state index in [1.54, 1.807) is 29.4 Å². The van der Waals surface area contributed by atoms with Crippen LogP contribution < -0.4 is 15.1 Å². The van der Waals surface area contributed by atoms with E-state index in [-0.39, 0.29) is 24.1 Å². The Morgan fingerprint density at radius 3 is 2.41 bits per heavy atom. The van der Waals surface area contributed by atoms with Crippen LogP contribution in [0.25, 0.3) is 0 Å². The van der Waals surface area contributed by atoms with Gasteiger partial charge in [-0.3, -0.25) is 19.4 Å². The number of hydrogen-bond acceptors (Lipinski definition) is 9. The lowest BCUT2D eigenvalue weighted by molar-refractivity contribution is -0.136. The van der Waals surface area contributed by atoms with Crippen molar-refractivity contribution in [3.8, 4) is 0 Å². The number of anilines is 3. The molecule has 1 aromatic heterocycles. The third-order valence-corrected chi connectivity index (χ3v) is 10.1. The fourth-order valence-electron chi connectivity index (χ4n) is 6.27. The summed E-state index contributed by atoms with van der Waals surface area (Å²) in [5.41, 5.74) is 4.87. The lowest BCUT2D eigenvalue weighted by atomic mass is 10.1. The molecule has 3 amide bonds. The first kappa shape index (κ1) is 32.5. The minimum absolute atomic E-state index is 0.0516. The highest BCUT2D eigenvalue weighted by Gasteiger charge is 2.41. The van der Waals surface area contributed by atoms with E-state index >= 15 is 0 Å². The van der Waals surface area contributed by atoms with Crippen LogP contribution in [0.15, 0.2) is 96.2 Å². The molecule has 0 saturated carbocycles. The van der Waals surface area contributed by atoms with Crippen molar-refractivity contribution in [3.05, 3.63) is 108 Å². The summed E-state index contributed by atoms with van der Waals surface area (Å²) < 4.78 is 5.48. The zero-order valence-electron chi connectivity index (χ0n) is 27.2. The topological polar surface area (TPSA) is 120 Å². The van der Waals surface area contributed by atoms with E-state index in [4.69, 9.17) is 9.73 Å². The smallest absolute Gasteiger partial charge is 0.252 e. The lowest BCUT2D eigenvalue weighted by Gasteiger charge is -2.28. The third kappa shape index (κ3) is 7.35. The van der Waals surface area contributed by atoms with Gasteiger partial charge in [0.25, 0.3) is 5.91 Å². The number of aromatic nitrogens is 2. The summed E-state index contributed by atoms with van der Waals surface area (Å²) in [5, 5.41) is 2.92. The van der Waals surface area contributed by atoms with Gasteiger partial charge < -0.3 is 19.9 Å². The van der Waals surface area contributed by atoms with Gasteiger partial charge in [0.1, 0.15) is 11.3 Å². The van der Waals surface area contributed by atoms with Gasteiger partial charge in [-0.25, -0.2) is 14.9 Å². The highest BCUT2D eigenvalue weighted by molar-refractivity contribution is 8.15. The van der Waals surface area contributed by atoms with Crippen LogP contribution in [-0.4, -0.2) is 76.6 Å². The van der Waals surface area contributed by atoms with Crippen LogP contribution in [0, 0.1) is 6.92 Å². The second-order valence-electron chi connectivity index (χ2n) is 12.2. The quantitative estimate of drug-likeness (QED) is 0.267. The predicted molar refractivity (Wildman–Crippen MR) is 191 cm³/mol. The number of ether oxygens (including phenoxy) is 1. The minimum atomic E-state index is -0.569. The van der Waals surface area contributed by atoms with E-state index in [1.807, 2.05) is 73.7 Å². The first-order valence-corrected chi connectivity index (χ1v) is 17.4. The standard InChI is InChI=1S/C37H37N7O4S/c1-25-23-39-32(24-38-25)44-36(47)34(49-37(44)41-29-13-15-30(16-14-29)42-18-20-48-21-19-42)27-9-11-28(12-10-27)40-35(46)31-8-5-17-43(31)33(45)22-26-6-3-2-4-7-26/h2-4,6-7,9-16,23-24,31,34H,5,8,17-22H2,1H3,(H,40,46)/t31-,34?/m0/s1. The van der Waals surface area contributed by atoms with Crippen molar-refractivity contribution in [2.75, 3.05) is 48.0 Å². The number of thioether (sulfide) groups is 1. The summed E-state index contributed by atoms with van der Waals surface area (Å²) in [5.74, 6) is -0.0382. The Balaban J connectivity index is 1.06. The number of likely N-dealkylation sites (tertiary alicyclic amines) is 1. The molecule has 1 N–H and O–H groups in total. The second-order valence-corrected chi connectivity index (χ2v) is 13.3. The number of benzene rings is 3. The van der Waals surface area contributed by atoms with Crippen LogP contribution >= 0.6 is 11.8 Å². The monoisotopic (exact) mass is 675 g/mol. The predicted octanol–water partition coefficient (Wildman–Crippen LogP) is 5.30. The number of nitrogens with zero attached hydrogens (tertiary/aromatic N) is 6. The van der Waals surface area contributed by atoms with E-state index in [9.17, 15) is 14.4 Å². The third-order valence-electron chi connectivity index (χ3n) is 8.86. The van der Waals surface area contributed by atoms with Crippen molar-refractivity contribution in [3.63, 3.8) is 0 Å². The molecule has 3 aromatic carbocycles. The molecule has 3 saturated heterocycles. The van der Waals surface area contributed by atoms with Crippen molar-refractivity contribution in [2.45, 2.75) is 37.5 Å². The summed E-state index contributed by atoms with van der Waals surface area (Å²) in [6.45, 7) is 5.51. The second kappa shape index (κ2) is 14.6. The van der Waals surface area contributed by atoms with Crippen LogP contribution in [0.2, 0.25) is 0 Å². The highest BCUT2D eigenvalue weighted by Crippen LogP contribution is 2.42. The van der Waals surface area contributed by atoms with Crippen molar-refractivity contribution >= 4 is 57.5 Å². The van der Waals surface area contributed by atoms with Gasteiger partial charge in [0, 0.05) is 31.0 Å². The van der Waals surface area contributed by atoms with Crippen molar-refractivity contribution in [2.24, 2.45) is 4.99 Å². The molecule has 12 heteroatoms. The number of hydrogen-bond donors (Lipinski definition) is 1. The average molecular weight is 676 g/mol. The van der Waals surface area contributed by atoms with Gasteiger partial charge in [0.15, 0.2) is 11.0 Å². The summed E-state index contributed by atoms with van der Waals surface area (Å²) in [4.78, 5) is 59.6. The lowest BCUT2D eigenvalue weighted by Crippen LogP contribution is -2.43. The van der Waals surface area contributed by atoms with Crippen molar-refractivity contribution in [1.82, 2.24) is 14.9 Å². The number of morpholine rings is 1. The van der Waals surface area contributed by atoms with Gasteiger partial charge in [-0.2, -0.15) is 0 Å². The zero-order valence-corrected chi connectivity index (χ0v) is 28.0. The molecule has 3 aliphatic rings. The molecule has 0 aliphatic carbocycles. The molecule has 3 fully saturated rings. The number of carbonyl (C=O) groups is 3. The van der Waals surface area contributed by atoms with E-state index in [0.29, 0.717) is 42.9 Å². The molecule has 250 valence electrons. The normalized spacial score (nSPS) is 20.2. The maximum Gasteiger partial charge on any atom is 0.252 e. The van der Waals surface area contributed by atoms with E-state index in [2.05, 4.69) is 20.2 Å². The fourth-order valence-corrected chi connectivity index (χ4v) is 7.42. The zero-order chi connectivity index (χ0) is 33.7. The van der Waals surface area contributed by atoms with Crippen molar-refractivity contribution in [1.29, 1.82) is 0 Å². The van der Waals surface area contributed by atoms with Crippen LogP contribution in [0.5, 0.6) is 0 Å². The van der Waals surface area contributed by atoms with E-state index in [0.717, 1.165) is 47.7 Å². The Bertz CT molecular complexity index is 1830. The van der Waals surface area contributed by atoms with Gasteiger partial charge in [-0.15, -0.1) is 0 Å². The number of nitrogens with one attached hydrogen (secondary N) is 1. The van der Waals surface area contributed by atoms with Crippen LogP contribution in [0.4, 0.5) is 22.9 Å². The number of carbonyl (C=O) groups excluding carboxylic acids is 3. The molecule has 4 heterocycles. The first-order valence-electron chi connectivity index (χ1n) is 16.5. The molecule has 7 rings (SSSR count). The average Bonchev–Trinajstić information content (AvgIpc) is 3.75. The number of aliphatic imine (C=N–C) groups is 1. The summed E-state index contributed by atoms with van der Waals surface area (Å²) in [6, 6.07) is 24.3.